The first-order valence-electron chi connectivity index (χ1n) is 9.42. The van der Waals surface area contributed by atoms with Crippen LogP contribution in [0.4, 0.5) is 0 Å². The lowest BCUT2D eigenvalue weighted by Gasteiger charge is -2.43. The third-order valence-corrected chi connectivity index (χ3v) is 6.83. The van der Waals surface area contributed by atoms with Crippen molar-refractivity contribution in [2.75, 3.05) is 6.54 Å². The van der Waals surface area contributed by atoms with Gasteiger partial charge in [-0.1, -0.05) is 15.9 Å². The Bertz CT molecular complexity index is 872. The van der Waals surface area contributed by atoms with Crippen molar-refractivity contribution in [3.8, 4) is 5.75 Å². The van der Waals surface area contributed by atoms with Gasteiger partial charge in [0.05, 0.1) is 4.47 Å². The summed E-state index contributed by atoms with van der Waals surface area (Å²) in [6.07, 6.45) is 4.36. The quantitative estimate of drug-likeness (QED) is 0.602. The van der Waals surface area contributed by atoms with Gasteiger partial charge in [-0.05, 0) is 60.7 Å². The maximum atomic E-state index is 13.0. The van der Waals surface area contributed by atoms with E-state index in [0.29, 0.717) is 34.0 Å². The summed E-state index contributed by atoms with van der Waals surface area (Å²) in [5.41, 5.74) is 4.12. The number of rotatable bonds is 2. The molecule has 0 bridgehead atoms. The van der Waals surface area contributed by atoms with Crippen LogP contribution in [0.1, 0.15) is 56.9 Å². The molecule has 1 aromatic rings. The third kappa shape index (κ3) is 3.01. The number of phenols is 1. The number of carbonyl (C=O) groups excluding carboxylic acids is 2. The maximum Gasteiger partial charge on any atom is 0.161 e. The molecule has 0 aromatic heterocycles. The van der Waals surface area contributed by atoms with Crippen LogP contribution in [0.25, 0.3) is 0 Å². The normalized spacial score (nSPS) is 20.9. The minimum absolute atomic E-state index is 0.0973. The molecule has 0 amide bonds. The van der Waals surface area contributed by atoms with Crippen molar-refractivity contribution in [2.24, 2.45) is 0 Å². The number of hydrogen-bond acceptors (Lipinski definition) is 4. The molecule has 1 aromatic carbocycles. The molecule has 3 aliphatic rings. The molecule has 1 aliphatic heterocycles. The van der Waals surface area contributed by atoms with Crippen molar-refractivity contribution in [1.82, 2.24) is 4.90 Å². The van der Waals surface area contributed by atoms with E-state index >= 15 is 0 Å². The fourth-order valence-electron chi connectivity index (χ4n) is 4.72. The molecular formula is C21H21Br2NO3. The van der Waals surface area contributed by atoms with Crippen LogP contribution in [0, 0.1) is 0 Å². The summed E-state index contributed by atoms with van der Waals surface area (Å²) in [5, 5.41) is 10.8. The van der Waals surface area contributed by atoms with Gasteiger partial charge < -0.3 is 10.0 Å². The highest BCUT2D eigenvalue weighted by Gasteiger charge is 2.43. The van der Waals surface area contributed by atoms with E-state index in [1.165, 1.54) is 0 Å². The fraction of sp³-hybridized carbons (Fsp3) is 0.429. The molecule has 4 rings (SSSR count). The highest BCUT2D eigenvalue weighted by Crippen LogP contribution is 2.51. The first kappa shape index (κ1) is 18.9. The van der Waals surface area contributed by atoms with Crippen molar-refractivity contribution < 1.29 is 14.7 Å². The van der Waals surface area contributed by atoms with E-state index in [4.69, 9.17) is 0 Å². The van der Waals surface area contributed by atoms with Crippen LogP contribution in [0.5, 0.6) is 5.75 Å². The van der Waals surface area contributed by atoms with Crippen LogP contribution in [-0.4, -0.2) is 28.1 Å². The summed E-state index contributed by atoms with van der Waals surface area (Å²) >= 11 is 6.90. The van der Waals surface area contributed by atoms with Crippen molar-refractivity contribution in [2.45, 2.75) is 51.4 Å². The average Bonchev–Trinajstić information content (AvgIpc) is 2.63. The number of hydrogen-bond donors (Lipinski definition) is 1. The molecule has 0 unspecified atom stereocenters. The molecule has 1 N–H and O–H groups in total. The van der Waals surface area contributed by atoms with E-state index in [0.717, 1.165) is 48.1 Å². The molecular weight excluding hydrogens is 474 g/mol. The number of Topliss-reactive ketones (excluding diaryl/α,β-unsaturated/α-hetero) is 2. The van der Waals surface area contributed by atoms with E-state index < -0.39 is 5.92 Å². The van der Waals surface area contributed by atoms with E-state index in [9.17, 15) is 14.7 Å². The molecule has 0 spiro atoms. The van der Waals surface area contributed by atoms with Gasteiger partial charge in [0.2, 0.25) is 0 Å². The van der Waals surface area contributed by atoms with Gasteiger partial charge >= 0.3 is 0 Å². The van der Waals surface area contributed by atoms with E-state index in [2.05, 4.69) is 43.7 Å². The van der Waals surface area contributed by atoms with Crippen LogP contribution in [-0.2, 0) is 9.59 Å². The number of carbonyl (C=O) groups is 2. The molecule has 0 saturated heterocycles. The molecule has 6 heteroatoms. The summed E-state index contributed by atoms with van der Waals surface area (Å²) in [6.45, 7) is 2.82. The van der Waals surface area contributed by atoms with Crippen LogP contribution < -0.4 is 0 Å². The fourth-order valence-corrected chi connectivity index (χ4v) is 5.97. The predicted octanol–water partition coefficient (Wildman–Crippen LogP) is 5.35. The average molecular weight is 495 g/mol. The van der Waals surface area contributed by atoms with Gasteiger partial charge in [-0.15, -0.1) is 0 Å². The van der Waals surface area contributed by atoms with Crippen LogP contribution in [0.3, 0.4) is 0 Å². The lowest BCUT2D eigenvalue weighted by atomic mass is 9.70. The lowest BCUT2D eigenvalue weighted by Crippen LogP contribution is -2.39. The molecule has 2 aliphatic carbocycles. The summed E-state index contributed by atoms with van der Waals surface area (Å²) < 4.78 is 1.36. The number of allylic oxidation sites excluding steroid dienone is 4. The van der Waals surface area contributed by atoms with Gasteiger partial charge in [0, 0.05) is 57.9 Å². The SMILES string of the molecule is CCN1C2=C(C(=O)CCC2)C(c2cc(Br)cc(Br)c2O)C2=C1CCCC2=O. The Morgan fingerprint density at radius 1 is 1.00 bits per heavy atom. The zero-order valence-corrected chi connectivity index (χ0v) is 18.3. The minimum atomic E-state index is -0.479. The molecule has 0 saturated carbocycles. The van der Waals surface area contributed by atoms with E-state index in [1.807, 2.05) is 6.07 Å². The molecule has 0 fully saturated rings. The van der Waals surface area contributed by atoms with Gasteiger partial charge in [0.1, 0.15) is 5.75 Å². The topological polar surface area (TPSA) is 57.6 Å². The van der Waals surface area contributed by atoms with E-state index in [1.54, 1.807) is 6.07 Å². The van der Waals surface area contributed by atoms with Gasteiger partial charge in [-0.2, -0.15) is 0 Å². The number of nitrogens with zero attached hydrogens (tertiary/aromatic N) is 1. The Morgan fingerprint density at radius 3 is 2.07 bits per heavy atom. The Labute approximate surface area is 175 Å². The third-order valence-electron chi connectivity index (χ3n) is 5.77. The Hall–Kier alpha value is -1.40. The van der Waals surface area contributed by atoms with Crippen LogP contribution in [0.15, 0.2) is 43.6 Å². The smallest absolute Gasteiger partial charge is 0.161 e. The maximum absolute atomic E-state index is 13.0. The van der Waals surface area contributed by atoms with E-state index in [-0.39, 0.29) is 17.3 Å². The minimum Gasteiger partial charge on any atom is -0.506 e. The first-order valence-corrected chi connectivity index (χ1v) is 11.0. The second-order valence-corrected chi connectivity index (χ2v) is 9.05. The highest BCUT2D eigenvalue weighted by molar-refractivity contribution is 9.11. The summed E-state index contributed by atoms with van der Waals surface area (Å²) in [7, 11) is 0. The number of ketones is 2. The van der Waals surface area contributed by atoms with Crippen molar-refractivity contribution in [1.29, 1.82) is 0 Å². The molecule has 27 heavy (non-hydrogen) atoms. The zero-order chi connectivity index (χ0) is 19.3. The van der Waals surface area contributed by atoms with Gasteiger partial charge in [0.15, 0.2) is 11.6 Å². The van der Waals surface area contributed by atoms with Crippen LogP contribution in [0.2, 0.25) is 0 Å². The zero-order valence-electron chi connectivity index (χ0n) is 15.1. The van der Waals surface area contributed by atoms with Crippen molar-refractivity contribution in [3.05, 3.63) is 49.2 Å². The van der Waals surface area contributed by atoms with Gasteiger partial charge in [-0.25, -0.2) is 0 Å². The molecule has 4 nitrogen and oxygen atoms in total. The largest absolute Gasteiger partial charge is 0.506 e. The molecule has 0 atom stereocenters. The van der Waals surface area contributed by atoms with Gasteiger partial charge in [-0.3, -0.25) is 9.59 Å². The standard InChI is InChI=1S/C21H21Br2NO3/c1-2-24-14-5-3-7-16(25)19(14)18(20-15(24)6-4-8-17(20)26)12-9-11(22)10-13(23)21(12)27/h9-10,18,27H,2-8H2,1H3. The summed E-state index contributed by atoms with van der Waals surface area (Å²) in [4.78, 5) is 28.2. The Balaban J connectivity index is 2.03. The Kier molecular flexibility index (Phi) is 5.06. The Morgan fingerprint density at radius 2 is 1.56 bits per heavy atom. The number of phenolic OH excluding ortho intramolecular Hbond substituents is 1. The first-order chi connectivity index (χ1) is 12.9. The van der Waals surface area contributed by atoms with Gasteiger partial charge in [0.25, 0.3) is 0 Å². The highest BCUT2D eigenvalue weighted by atomic mass is 79.9. The van der Waals surface area contributed by atoms with Crippen LogP contribution >= 0.6 is 31.9 Å². The van der Waals surface area contributed by atoms with Crippen molar-refractivity contribution >= 4 is 43.4 Å². The second-order valence-electron chi connectivity index (χ2n) is 7.28. The lowest BCUT2D eigenvalue weighted by molar-refractivity contribution is -0.117. The monoisotopic (exact) mass is 493 g/mol. The number of halogens is 2. The molecule has 142 valence electrons. The number of benzene rings is 1. The van der Waals surface area contributed by atoms with Crippen molar-refractivity contribution in [3.63, 3.8) is 0 Å². The summed E-state index contributed by atoms with van der Waals surface area (Å²) in [6, 6.07) is 3.61. The molecule has 1 heterocycles. The second kappa shape index (κ2) is 7.21. The predicted molar refractivity (Wildman–Crippen MR) is 110 cm³/mol. The molecule has 0 radical (unpaired) electrons. The summed E-state index contributed by atoms with van der Waals surface area (Å²) in [5.74, 6) is -0.184. The number of aromatic hydroxyl groups is 1.